The third kappa shape index (κ3) is 4.79. The first-order valence-corrected chi connectivity index (χ1v) is 14.3. The van der Waals surface area contributed by atoms with Gasteiger partial charge in [0.15, 0.2) is 5.13 Å². The van der Waals surface area contributed by atoms with Crippen molar-refractivity contribution in [2.75, 3.05) is 38.1 Å². The van der Waals surface area contributed by atoms with Crippen molar-refractivity contribution in [2.45, 2.75) is 43.0 Å². The summed E-state index contributed by atoms with van der Waals surface area (Å²) < 4.78 is 42.4. The number of rotatable bonds is 5. The SMILES string of the molecule is CN(C1CCCCC1)S(=O)(=O)c1ccc(C(=O)N2CCN(c3nc4c(F)cccc4s3)CC2)cc1. The summed E-state index contributed by atoms with van der Waals surface area (Å²) in [7, 11) is -1.93. The molecule has 0 radical (unpaired) electrons. The molecule has 5 rings (SSSR count). The van der Waals surface area contributed by atoms with Crippen molar-refractivity contribution in [1.82, 2.24) is 14.2 Å². The van der Waals surface area contributed by atoms with E-state index < -0.39 is 10.0 Å². The summed E-state index contributed by atoms with van der Waals surface area (Å²) in [5, 5.41) is 0.758. The highest BCUT2D eigenvalue weighted by Gasteiger charge is 2.30. The highest BCUT2D eigenvalue weighted by molar-refractivity contribution is 7.89. The predicted octanol–water partition coefficient (Wildman–Crippen LogP) is 4.35. The number of fused-ring (bicyclic) bond motifs is 1. The zero-order valence-corrected chi connectivity index (χ0v) is 21.3. The molecular weight excluding hydrogens is 487 g/mol. The normalized spacial score (nSPS) is 17.9. The van der Waals surface area contributed by atoms with Gasteiger partial charge in [-0.25, -0.2) is 17.8 Å². The van der Waals surface area contributed by atoms with Gasteiger partial charge in [0.05, 0.1) is 9.60 Å². The topological polar surface area (TPSA) is 73.8 Å². The van der Waals surface area contributed by atoms with Crippen LogP contribution in [0.25, 0.3) is 10.2 Å². The maximum atomic E-state index is 14.0. The number of anilines is 1. The van der Waals surface area contributed by atoms with Crippen LogP contribution < -0.4 is 4.90 Å². The van der Waals surface area contributed by atoms with Gasteiger partial charge in [-0.05, 0) is 49.2 Å². The lowest BCUT2D eigenvalue weighted by molar-refractivity contribution is 0.0746. The molecule has 0 atom stereocenters. The monoisotopic (exact) mass is 516 g/mol. The largest absolute Gasteiger partial charge is 0.345 e. The lowest BCUT2D eigenvalue weighted by atomic mass is 9.96. The first-order valence-electron chi connectivity index (χ1n) is 12.0. The third-order valence-corrected chi connectivity index (χ3v) is 10.1. The molecule has 2 aliphatic rings. The molecule has 1 saturated carbocycles. The highest BCUT2D eigenvalue weighted by atomic mass is 32.2. The second-order valence-corrected chi connectivity index (χ2v) is 12.2. The molecule has 1 aromatic heterocycles. The minimum Gasteiger partial charge on any atom is -0.345 e. The Morgan fingerprint density at radius 1 is 1.03 bits per heavy atom. The van der Waals surface area contributed by atoms with Crippen LogP contribution in [0.5, 0.6) is 0 Å². The summed E-state index contributed by atoms with van der Waals surface area (Å²) in [4.78, 5) is 21.6. The molecule has 1 aliphatic carbocycles. The molecule has 1 amide bonds. The fourth-order valence-corrected chi connectivity index (χ4v) is 7.35. The Bertz CT molecular complexity index is 1310. The van der Waals surface area contributed by atoms with Crippen molar-refractivity contribution >= 4 is 42.6 Å². The van der Waals surface area contributed by atoms with Crippen molar-refractivity contribution in [3.63, 3.8) is 0 Å². The molecule has 1 aliphatic heterocycles. The van der Waals surface area contributed by atoms with Crippen molar-refractivity contribution < 1.29 is 17.6 Å². The molecule has 2 aromatic carbocycles. The van der Waals surface area contributed by atoms with Gasteiger partial charge in [0.2, 0.25) is 10.0 Å². The zero-order chi connectivity index (χ0) is 24.6. The van der Waals surface area contributed by atoms with E-state index in [1.807, 2.05) is 6.07 Å². The minimum atomic E-state index is -3.59. The smallest absolute Gasteiger partial charge is 0.253 e. The number of aromatic nitrogens is 1. The molecule has 3 aromatic rings. The molecule has 10 heteroatoms. The van der Waals surface area contributed by atoms with E-state index in [-0.39, 0.29) is 22.7 Å². The van der Waals surface area contributed by atoms with E-state index in [2.05, 4.69) is 9.88 Å². The predicted molar refractivity (Wildman–Crippen MR) is 136 cm³/mol. The molecule has 2 heterocycles. The molecule has 7 nitrogen and oxygen atoms in total. The molecule has 186 valence electrons. The summed E-state index contributed by atoms with van der Waals surface area (Å²) in [6.45, 7) is 2.24. The van der Waals surface area contributed by atoms with Crippen LogP contribution in [0, 0.1) is 5.82 Å². The number of hydrogen-bond acceptors (Lipinski definition) is 6. The molecule has 0 unspecified atom stereocenters. The van der Waals surface area contributed by atoms with E-state index in [0.29, 0.717) is 37.3 Å². The summed E-state index contributed by atoms with van der Waals surface area (Å²) in [5.74, 6) is -0.446. The minimum absolute atomic E-state index is 0.0401. The van der Waals surface area contributed by atoms with Gasteiger partial charge < -0.3 is 9.80 Å². The number of piperazine rings is 1. The van der Waals surface area contributed by atoms with Crippen molar-refractivity contribution in [3.8, 4) is 0 Å². The number of amides is 1. The van der Waals surface area contributed by atoms with Crippen LogP contribution in [0.2, 0.25) is 0 Å². The van der Waals surface area contributed by atoms with Gasteiger partial charge in [-0.3, -0.25) is 4.79 Å². The standard InChI is InChI=1S/C25H29FN4O3S2/c1-28(19-6-3-2-4-7-19)35(32,33)20-12-10-18(11-13-20)24(31)29-14-16-30(17-15-29)25-27-23-21(26)8-5-9-22(23)34-25/h5,8-13,19H,2-4,6-7,14-17H2,1H3. The van der Waals surface area contributed by atoms with Gasteiger partial charge in [-0.1, -0.05) is 36.7 Å². The molecule has 0 N–H and O–H groups in total. The summed E-state index contributed by atoms with van der Waals surface area (Å²) in [6, 6.07) is 11.3. The zero-order valence-electron chi connectivity index (χ0n) is 19.7. The van der Waals surface area contributed by atoms with Crippen LogP contribution in [-0.4, -0.2) is 67.8 Å². The Hall–Kier alpha value is -2.56. The Kier molecular flexibility index (Phi) is 6.78. The average molecular weight is 517 g/mol. The first-order chi connectivity index (χ1) is 16.8. The molecular formula is C25H29FN4O3S2. The van der Waals surface area contributed by atoms with E-state index in [0.717, 1.165) is 41.9 Å². The van der Waals surface area contributed by atoms with Gasteiger partial charge in [0.1, 0.15) is 11.3 Å². The lowest BCUT2D eigenvalue weighted by Crippen LogP contribution is -2.48. The van der Waals surface area contributed by atoms with Crippen LogP contribution in [-0.2, 0) is 10.0 Å². The Balaban J connectivity index is 1.22. The van der Waals surface area contributed by atoms with Crippen molar-refractivity contribution in [1.29, 1.82) is 0 Å². The number of hydrogen-bond donors (Lipinski definition) is 0. The van der Waals surface area contributed by atoms with Crippen LogP contribution in [0.15, 0.2) is 47.4 Å². The summed E-state index contributed by atoms with van der Waals surface area (Å²) in [5.41, 5.74) is 0.856. The molecule has 0 spiro atoms. The van der Waals surface area contributed by atoms with Crippen molar-refractivity contribution in [2.24, 2.45) is 0 Å². The number of carbonyl (C=O) groups is 1. The summed E-state index contributed by atoms with van der Waals surface area (Å²) >= 11 is 1.45. The summed E-state index contributed by atoms with van der Waals surface area (Å²) in [6.07, 6.45) is 5.06. The van der Waals surface area contributed by atoms with Crippen LogP contribution in [0.3, 0.4) is 0 Å². The lowest BCUT2D eigenvalue weighted by Gasteiger charge is -2.34. The number of thiazole rings is 1. The van der Waals surface area contributed by atoms with E-state index in [1.165, 1.54) is 33.8 Å². The Morgan fingerprint density at radius 3 is 2.37 bits per heavy atom. The molecule has 0 bridgehead atoms. The van der Waals surface area contributed by atoms with Gasteiger partial charge in [-0.2, -0.15) is 4.31 Å². The molecule has 35 heavy (non-hydrogen) atoms. The number of halogens is 1. The second-order valence-electron chi connectivity index (χ2n) is 9.20. The van der Waals surface area contributed by atoms with Gasteiger partial charge in [0.25, 0.3) is 5.91 Å². The number of para-hydroxylation sites is 1. The first kappa shape index (κ1) is 24.1. The van der Waals surface area contributed by atoms with Crippen molar-refractivity contribution in [3.05, 3.63) is 53.8 Å². The van der Waals surface area contributed by atoms with E-state index in [9.17, 15) is 17.6 Å². The average Bonchev–Trinajstić information content (AvgIpc) is 3.34. The number of benzene rings is 2. The Morgan fingerprint density at radius 2 is 1.71 bits per heavy atom. The number of carbonyl (C=O) groups excluding carboxylic acids is 1. The quantitative estimate of drug-likeness (QED) is 0.504. The molecule has 2 fully saturated rings. The van der Waals surface area contributed by atoms with E-state index >= 15 is 0 Å². The third-order valence-electron chi connectivity index (χ3n) is 7.06. The second kappa shape index (κ2) is 9.83. The van der Waals surface area contributed by atoms with Crippen LogP contribution in [0.1, 0.15) is 42.5 Å². The highest BCUT2D eigenvalue weighted by Crippen LogP contribution is 2.31. The number of nitrogens with zero attached hydrogens (tertiary/aromatic N) is 4. The maximum Gasteiger partial charge on any atom is 0.253 e. The fraction of sp³-hybridized carbons (Fsp3) is 0.440. The van der Waals surface area contributed by atoms with Crippen LogP contribution in [0.4, 0.5) is 9.52 Å². The van der Waals surface area contributed by atoms with Gasteiger partial charge >= 0.3 is 0 Å². The van der Waals surface area contributed by atoms with E-state index in [4.69, 9.17) is 0 Å². The van der Waals surface area contributed by atoms with Crippen LogP contribution >= 0.6 is 11.3 Å². The number of sulfonamides is 1. The maximum absolute atomic E-state index is 14.0. The van der Waals surface area contributed by atoms with Gasteiger partial charge in [0, 0.05) is 44.8 Å². The molecule has 1 saturated heterocycles. The van der Waals surface area contributed by atoms with E-state index in [1.54, 1.807) is 30.1 Å². The fourth-order valence-electron chi connectivity index (χ4n) is 4.90. The van der Waals surface area contributed by atoms with Gasteiger partial charge in [-0.15, -0.1) is 0 Å². The Labute approximate surface area is 209 Å².